The van der Waals surface area contributed by atoms with Crippen molar-refractivity contribution in [2.45, 2.75) is 0 Å². The van der Waals surface area contributed by atoms with E-state index in [1.54, 1.807) is 0 Å². The molecule has 0 radical (unpaired) electrons. The Kier molecular flexibility index (Phi) is 3.52. The molecule has 1 amide bonds. The van der Waals surface area contributed by atoms with Crippen molar-refractivity contribution < 1.29 is 9.18 Å². The van der Waals surface area contributed by atoms with Gasteiger partial charge in [-0.05, 0) is 30.3 Å². The zero-order valence-electron chi connectivity index (χ0n) is 9.80. The number of nitrogens with zero attached hydrogens (tertiary/aromatic N) is 2. The number of hydrogen-bond acceptors (Lipinski definition) is 2. The number of carbonyl (C=O) groups excluding carboxylic acids is 1. The maximum Gasteiger partial charge on any atom is 0.271 e. The number of aromatic nitrogens is 1. The van der Waals surface area contributed by atoms with Crippen molar-refractivity contribution in [1.29, 1.82) is 0 Å². The molecule has 2 aromatic rings. The first-order valence-corrected chi connectivity index (χ1v) is 5.37. The van der Waals surface area contributed by atoms with Gasteiger partial charge in [-0.15, -0.1) is 0 Å². The van der Waals surface area contributed by atoms with Crippen LogP contribution in [0, 0.1) is 5.82 Å². The number of hydrazone groups is 1. The molecule has 4 nitrogen and oxygen atoms in total. The van der Waals surface area contributed by atoms with E-state index in [2.05, 4.69) is 10.5 Å². The number of nitrogens with one attached hydrogen (secondary N) is 1. The molecule has 18 heavy (non-hydrogen) atoms. The van der Waals surface area contributed by atoms with Gasteiger partial charge in [0.25, 0.3) is 5.91 Å². The summed E-state index contributed by atoms with van der Waals surface area (Å²) < 4.78 is 14.8. The third-order valence-electron chi connectivity index (χ3n) is 2.43. The van der Waals surface area contributed by atoms with Crippen molar-refractivity contribution in [3.63, 3.8) is 0 Å². The normalized spacial score (nSPS) is 10.8. The van der Waals surface area contributed by atoms with Gasteiger partial charge in [0.2, 0.25) is 0 Å². The lowest BCUT2D eigenvalue weighted by atomic mass is 10.2. The number of aryl methyl sites for hydroxylation is 1. The van der Waals surface area contributed by atoms with E-state index in [0.29, 0.717) is 0 Å². The number of hydrogen-bond donors (Lipinski definition) is 1. The molecule has 0 saturated carbocycles. The average Bonchev–Trinajstić information content (AvgIpc) is 2.75. The van der Waals surface area contributed by atoms with Crippen LogP contribution in [0.4, 0.5) is 4.39 Å². The van der Waals surface area contributed by atoms with E-state index >= 15 is 0 Å². The van der Waals surface area contributed by atoms with E-state index in [1.165, 1.54) is 24.4 Å². The van der Waals surface area contributed by atoms with Crippen LogP contribution in [0.15, 0.2) is 47.7 Å². The van der Waals surface area contributed by atoms with Gasteiger partial charge in [0, 0.05) is 18.8 Å². The first kappa shape index (κ1) is 12.0. The molecule has 0 bridgehead atoms. The van der Waals surface area contributed by atoms with Crippen molar-refractivity contribution in [2.24, 2.45) is 12.1 Å². The maximum atomic E-state index is 12.9. The predicted molar refractivity (Wildman–Crippen MR) is 66.9 cm³/mol. The summed E-state index contributed by atoms with van der Waals surface area (Å²) in [6.45, 7) is 0. The molecule has 0 saturated heterocycles. The highest BCUT2D eigenvalue weighted by atomic mass is 19.1. The molecule has 0 aliphatic heterocycles. The van der Waals surface area contributed by atoms with E-state index in [1.807, 2.05) is 29.9 Å². The van der Waals surface area contributed by atoms with Crippen LogP contribution in [-0.4, -0.2) is 16.7 Å². The fourth-order valence-corrected chi connectivity index (χ4v) is 1.46. The van der Waals surface area contributed by atoms with Crippen molar-refractivity contribution in [3.8, 4) is 0 Å². The number of amides is 1. The summed E-state index contributed by atoms with van der Waals surface area (Å²) in [5, 5.41) is 3.81. The molecule has 1 aromatic carbocycles. The quantitative estimate of drug-likeness (QED) is 0.651. The van der Waals surface area contributed by atoms with Crippen LogP contribution < -0.4 is 5.43 Å². The maximum absolute atomic E-state index is 12.9. The molecule has 1 N–H and O–H groups in total. The zero-order valence-corrected chi connectivity index (χ0v) is 9.80. The lowest BCUT2D eigenvalue weighted by Gasteiger charge is -2.00. The zero-order chi connectivity index (χ0) is 13.0. The molecule has 1 aromatic heterocycles. The SMILES string of the molecule is Cn1cccc1/C=N/NC(=O)c1cccc(F)c1. The first-order chi connectivity index (χ1) is 8.66. The highest BCUT2D eigenvalue weighted by Gasteiger charge is 2.04. The molecule has 2 rings (SSSR count). The number of halogens is 1. The third kappa shape index (κ3) is 2.82. The van der Waals surface area contributed by atoms with Crippen molar-refractivity contribution in [1.82, 2.24) is 9.99 Å². The van der Waals surface area contributed by atoms with E-state index in [0.717, 1.165) is 11.8 Å². The minimum atomic E-state index is -0.450. The van der Waals surface area contributed by atoms with Crippen molar-refractivity contribution in [3.05, 3.63) is 59.7 Å². The van der Waals surface area contributed by atoms with Crippen LogP contribution in [0.25, 0.3) is 0 Å². The molecule has 5 heteroatoms. The van der Waals surface area contributed by atoms with Gasteiger partial charge in [-0.3, -0.25) is 4.79 Å². The summed E-state index contributed by atoms with van der Waals surface area (Å²) in [4.78, 5) is 11.6. The van der Waals surface area contributed by atoms with Gasteiger partial charge in [-0.1, -0.05) is 6.07 Å². The Morgan fingerprint density at radius 3 is 2.89 bits per heavy atom. The van der Waals surface area contributed by atoms with E-state index in [-0.39, 0.29) is 5.56 Å². The van der Waals surface area contributed by atoms with Crippen molar-refractivity contribution in [2.75, 3.05) is 0 Å². The molecule has 0 unspecified atom stereocenters. The monoisotopic (exact) mass is 245 g/mol. The molecule has 0 fully saturated rings. The topological polar surface area (TPSA) is 46.4 Å². The molecule has 0 aliphatic rings. The summed E-state index contributed by atoms with van der Waals surface area (Å²) in [5.74, 6) is -0.894. The highest BCUT2D eigenvalue weighted by Crippen LogP contribution is 2.03. The van der Waals surface area contributed by atoms with Gasteiger partial charge < -0.3 is 4.57 Å². The van der Waals surface area contributed by atoms with Gasteiger partial charge in [-0.25, -0.2) is 9.82 Å². The second kappa shape index (κ2) is 5.27. The second-order valence-electron chi connectivity index (χ2n) is 3.75. The Bertz CT molecular complexity index is 589. The summed E-state index contributed by atoms with van der Waals surface area (Å²) in [6.07, 6.45) is 3.40. The van der Waals surface area contributed by atoms with Crippen LogP contribution in [0.5, 0.6) is 0 Å². The molecule has 92 valence electrons. The molecular weight excluding hydrogens is 233 g/mol. The molecule has 0 atom stereocenters. The summed E-state index contributed by atoms with van der Waals surface area (Å²) in [5.41, 5.74) is 3.43. The average molecular weight is 245 g/mol. The fourth-order valence-electron chi connectivity index (χ4n) is 1.46. The highest BCUT2D eigenvalue weighted by molar-refractivity contribution is 5.94. The number of carbonyl (C=O) groups is 1. The minimum Gasteiger partial charge on any atom is -0.350 e. The predicted octanol–water partition coefficient (Wildman–Crippen LogP) is 1.93. The summed E-state index contributed by atoms with van der Waals surface area (Å²) in [7, 11) is 1.87. The summed E-state index contributed by atoms with van der Waals surface area (Å²) >= 11 is 0. The molecule has 1 heterocycles. The van der Waals surface area contributed by atoms with Gasteiger partial charge in [0.05, 0.1) is 11.9 Å². The number of benzene rings is 1. The van der Waals surface area contributed by atoms with Gasteiger partial charge in [0.15, 0.2) is 0 Å². The third-order valence-corrected chi connectivity index (χ3v) is 2.43. The largest absolute Gasteiger partial charge is 0.350 e. The van der Waals surface area contributed by atoms with Crippen LogP contribution in [-0.2, 0) is 7.05 Å². The van der Waals surface area contributed by atoms with Gasteiger partial charge in [0.1, 0.15) is 5.82 Å². The van der Waals surface area contributed by atoms with Crippen LogP contribution in [0.1, 0.15) is 16.1 Å². The lowest BCUT2D eigenvalue weighted by molar-refractivity contribution is 0.0954. The van der Waals surface area contributed by atoms with E-state index in [4.69, 9.17) is 0 Å². The Balaban J connectivity index is 2.01. The van der Waals surface area contributed by atoms with Gasteiger partial charge >= 0.3 is 0 Å². The fraction of sp³-hybridized carbons (Fsp3) is 0.0769. The smallest absolute Gasteiger partial charge is 0.271 e. The van der Waals surface area contributed by atoms with Gasteiger partial charge in [-0.2, -0.15) is 5.10 Å². The number of rotatable bonds is 3. The van der Waals surface area contributed by atoms with Crippen LogP contribution in [0.3, 0.4) is 0 Å². The Morgan fingerprint density at radius 1 is 1.39 bits per heavy atom. The van der Waals surface area contributed by atoms with E-state index < -0.39 is 11.7 Å². The van der Waals surface area contributed by atoms with E-state index in [9.17, 15) is 9.18 Å². The lowest BCUT2D eigenvalue weighted by Crippen LogP contribution is -2.17. The Labute approximate surface area is 104 Å². The summed E-state index contributed by atoms with van der Waals surface area (Å²) in [6, 6.07) is 9.17. The Hall–Kier alpha value is -2.43. The Morgan fingerprint density at radius 2 is 2.22 bits per heavy atom. The molecule has 0 aliphatic carbocycles. The van der Waals surface area contributed by atoms with Crippen molar-refractivity contribution >= 4 is 12.1 Å². The second-order valence-corrected chi connectivity index (χ2v) is 3.75. The standard InChI is InChI=1S/C13H12FN3O/c1-17-7-3-6-12(17)9-15-16-13(18)10-4-2-5-11(14)8-10/h2-9H,1H3,(H,16,18)/b15-9+. The minimum absolute atomic E-state index is 0.235. The molecular formula is C13H12FN3O. The van der Waals surface area contributed by atoms with Crippen LogP contribution >= 0.6 is 0 Å². The molecule has 0 spiro atoms. The first-order valence-electron chi connectivity index (χ1n) is 5.37. The van der Waals surface area contributed by atoms with Crippen LogP contribution in [0.2, 0.25) is 0 Å².